The van der Waals surface area contributed by atoms with Crippen molar-refractivity contribution in [3.63, 3.8) is 0 Å². The fourth-order valence-electron chi connectivity index (χ4n) is 2.31. The van der Waals surface area contributed by atoms with Crippen molar-refractivity contribution in [2.75, 3.05) is 16.0 Å². The van der Waals surface area contributed by atoms with Crippen LogP contribution in [-0.2, 0) is 9.59 Å². The second-order valence-corrected chi connectivity index (χ2v) is 5.95. The van der Waals surface area contributed by atoms with E-state index in [4.69, 9.17) is 23.2 Å². The maximum absolute atomic E-state index is 12.2. The third-order valence-corrected chi connectivity index (χ3v) is 3.99. The van der Waals surface area contributed by atoms with E-state index >= 15 is 0 Å². The van der Waals surface area contributed by atoms with Crippen LogP contribution < -0.4 is 16.0 Å². The van der Waals surface area contributed by atoms with E-state index < -0.39 is 6.04 Å². The number of benzene rings is 2. The molecule has 0 bridgehead atoms. The van der Waals surface area contributed by atoms with E-state index in [0.29, 0.717) is 21.4 Å². The van der Waals surface area contributed by atoms with E-state index in [1.165, 1.54) is 0 Å². The molecule has 0 aliphatic carbocycles. The molecule has 1 aliphatic rings. The Morgan fingerprint density at radius 1 is 1.13 bits per heavy atom. The molecule has 1 unspecified atom stereocenters. The van der Waals surface area contributed by atoms with Crippen molar-refractivity contribution in [2.24, 2.45) is 0 Å². The molecule has 0 aromatic heterocycles. The number of fused-ring (bicyclic) bond motifs is 1. The fourth-order valence-corrected chi connectivity index (χ4v) is 2.65. The number of hydrogen-bond acceptors (Lipinski definition) is 3. The molecule has 7 heteroatoms. The van der Waals surface area contributed by atoms with Crippen molar-refractivity contribution in [1.29, 1.82) is 0 Å². The molecule has 5 nitrogen and oxygen atoms in total. The minimum Gasteiger partial charge on any atom is -0.372 e. The maximum Gasteiger partial charge on any atom is 0.247 e. The standard InChI is InChI=1S/C16H13Cl2N3O2/c17-9-5-6-10(18)13(7-9)20-15(22)8-14-16(23)21-12-4-2-1-3-11(12)19-14/h1-7,14,19H,8H2,(H,20,22)(H,21,23). The van der Waals surface area contributed by atoms with Crippen molar-refractivity contribution in [2.45, 2.75) is 12.5 Å². The topological polar surface area (TPSA) is 70.2 Å². The molecule has 3 N–H and O–H groups in total. The minimum atomic E-state index is -0.650. The number of carbonyl (C=O) groups excluding carboxylic acids is 2. The predicted octanol–water partition coefficient (Wildman–Crippen LogP) is 3.75. The Balaban J connectivity index is 1.69. The zero-order valence-electron chi connectivity index (χ0n) is 11.9. The van der Waals surface area contributed by atoms with Gasteiger partial charge < -0.3 is 16.0 Å². The first-order chi connectivity index (χ1) is 11.0. The van der Waals surface area contributed by atoms with Crippen molar-refractivity contribution < 1.29 is 9.59 Å². The van der Waals surface area contributed by atoms with Gasteiger partial charge in [0.05, 0.1) is 28.5 Å². The van der Waals surface area contributed by atoms with Crippen LogP contribution in [0.15, 0.2) is 42.5 Å². The van der Waals surface area contributed by atoms with Gasteiger partial charge in [0.15, 0.2) is 0 Å². The van der Waals surface area contributed by atoms with Gasteiger partial charge in [-0.05, 0) is 30.3 Å². The van der Waals surface area contributed by atoms with Gasteiger partial charge in [0.2, 0.25) is 11.8 Å². The summed E-state index contributed by atoms with van der Waals surface area (Å²) in [5.41, 5.74) is 1.90. The third-order valence-electron chi connectivity index (χ3n) is 3.42. The molecule has 1 atom stereocenters. The number of anilines is 3. The summed E-state index contributed by atoms with van der Waals surface area (Å²) in [6.45, 7) is 0. The Kier molecular flexibility index (Phi) is 4.41. The van der Waals surface area contributed by atoms with Crippen LogP contribution in [0, 0.1) is 0 Å². The smallest absolute Gasteiger partial charge is 0.247 e. The highest BCUT2D eigenvalue weighted by atomic mass is 35.5. The Bertz CT molecular complexity index is 780. The Labute approximate surface area is 143 Å². The molecule has 3 rings (SSSR count). The summed E-state index contributed by atoms with van der Waals surface area (Å²) in [5.74, 6) is -0.586. The number of halogens is 2. The average molecular weight is 350 g/mol. The van der Waals surface area contributed by atoms with Gasteiger partial charge in [-0.15, -0.1) is 0 Å². The van der Waals surface area contributed by atoms with Gasteiger partial charge in [-0.3, -0.25) is 9.59 Å². The zero-order chi connectivity index (χ0) is 16.4. The monoisotopic (exact) mass is 349 g/mol. The number of para-hydroxylation sites is 2. The molecule has 118 valence electrons. The highest BCUT2D eigenvalue weighted by Crippen LogP contribution is 2.28. The number of rotatable bonds is 3. The summed E-state index contributed by atoms with van der Waals surface area (Å²) >= 11 is 11.9. The second kappa shape index (κ2) is 6.48. The minimum absolute atomic E-state index is 0.0248. The first-order valence-corrected chi connectivity index (χ1v) is 7.70. The summed E-state index contributed by atoms with van der Waals surface area (Å²) in [6.07, 6.45) is -0.0248. The molecule has 1 aliphatic heterocycles. The SMILES string of the molecule is O=C(CC1Nc2ccccc2NC1=O)Nc1cc(Cl)ccc1Cl. The van der Waals surface area contributed by atoms with Crippen LogP contribution in [0.1, 0.15) is 6.42 Å². The third kappa shape index (κ3) is 3.57. The summed E-state index contributed by atoms with van der Waals surface area (Å²) < 4.78 is 0. The van der Waals surface area contributed by atoms with Crippen LogP contribution in [0.2, 0.25) is 10.0 Å². The van der Waals surface area contributed by atoms with E-state index in [2.05, 4.69) is 16.0 Å². The zero-order valence-corrected chi connectivity index (χ0v) is 13.4. The molecular formula is C16H13Cl2N3O2. The second-order valence-electron chi connectivity index (χ2n) is 5.11. The first kappa shape index (κ1) is 15.6. The quantitative estimate of drug-likeness (QED) is 0.790. The Morgan fingerprint density at radius 2 is 1.87 bits per heavy atom. The van der Waals surface area contributed by atoms with E-state index in [0.717, 1.165) is 5.69 Å². The molecule has 0 saturated heterocycles. The number of hydrogen-bond donors (Lipinski definition) is 3. The molecule has 1 heterocycles. The van der Waals surface area contributed by atoms with E-state index in [1.807, 2.05) is 18.2 Å². The van der Waals surface area contributed by atoms with Gasteiger partial charge in [-0.25, -0.2) is 0 Å². The van der Waals surface area contributed by atoms with Crippen molar-refractivity contribution >= 4 is 52.1 Å². The van der Waals surface area contributed by atoms with Crippen LogP contribution >= 0.6 is 23.2 Å². The molecular weight excluding hydrogens is 337 g/mol. The summed E-state index contributed by atoms with van der Waals surface area (Å²) in [7, 11) is 0. The number of carbonyl (C=O) groups is 2. The fraction of sp³-hybridized carbons (Fsp3) is 0.125. The molecule has 0 fully saturated rings. The predicted molar refractivity (Wildman–Crippen MR) is 92.2 cm³/mol. The van der Waals surface area contributed by atoms with E-state index in [-0.39, 0.29) is 18.2 Å². The first-order valence-electron chi connectivity index (χ1n) is 6.94. The molecule has 0 spiro atoms. The Hall–Kier alpha value is -2.24. The van der Waals surface area contributed by atoms with Crippen LogP contribution in [0.5, 0.6) is 0 Å². The molecule has 2 amide bonds. The number of nitrogens with one attached hydrogen (secondary N) is 3. The van der Waals surface area contributed by atoms with Gasteiger partial charge in [0.1, 0.15) is 6.04 Å². The van der Waals surface area contributed by atoms with Crippen LogP contribution in [0.4, 0.5) is 17.1 Å². The molecule has 2 aromatic rings. The molecule has 0 saturated carbocycles. The molecule has 0 radical (unpaired) electrons. The van der Waals surface area contributed by atoms with E-state index in [1.54, 1.807) is 24.3 Å². The van der Waals surface area contributed by atoms with E-state index in [9.17, 15) is 9.59 Å². The summed E-state index contributed by atoms with van der Waals surface area (Å²) in [5, 5.41) is 9.34. The highest BCUT2D eigenvalue weighted by molar-refractivity contribution is 6.35. The molecule has 2 aromatic carbocycles. The van der Waals surface area contributed by atoms with Gasteiger partial charge in [-0.2, -0.15) is 0 Å². The van der Waals surface area contributed by atoms with Gasteiger partial charge in [-0.1, -0.05) is 35.3 Å². The summed E-state index contributed by atoms with van der Waals surface area (Å²) in [4.78, 5) is 24.2. The van der Waals surface area contributed by atoms with Crippen molar-refractivity contribution in [3.05, 3.63) is 52.5 Å². The molecule has 23 heavy (non-hydrogen) atoms. The lowest BCUT2D eigenvalue weighted by Crippen LogP contribution is -2.41. The van der Waals surface area contributed by atoms with Crippen LogP contribution in [0.25, 0.3) is 0 Å². The van der Waals surface area contributed by atoms with Gasteiger partial charge >= 0.3 is 0 Å². The average Bonchev–Trinajstić information content (AvgIpc) is 2.51. The van der Waals surface area contributed by atoms with Gasteiger partial charge in [0, 0.05) is 5.02 Å². The summed E-state index contributed by atoms with van der Waals surface area (Å²) in [6, 6.07) is 11.5. The normalized spacial score (nSPS) is 16.1. The Morgan fingerprint density at radius 3 is 2.65 bits per heavy atom. The maximum atomic E-state index is 12.2. The van der Waals surface area contributed by atoms with Crippen LogP contribution in [0.3, 0.4) is 0 Å². The number of amides is 2. The van der Waals surface area contributed by atoms with Crippen LogP contribution in [-0.4, -0.2) is 17.9 Å². The van der Waals surface area contributed by atoms with Gasteiger partial charge in [0.25, 0.3) is 0 Å². The lowest BCUT2D eigenvalue weighted by Gasteiger charge is -2.26. The van der Waals surface area contributed by atoms with Crippen molar-refractivity contribution in [1.82, 2.24) is 0 Å². The lowest BCUT2D eigenvalue weighted by atomic mass is 10.1. The largest absolute Gasteiger partial charge is 0.372 e. The lowest BCUT2D eigenvalue weighted by molar-refractivity contribution is -0.122. The highest BCUT2D eigenvalue weighted by Gasteiger charge is 2.27. The van der Waals surface area contributed by atoms with Crippen molar-refractivity contribution in [3.8, 4) is 0 Å².